The number of H-pyrrole nitrogens is 1. The van der Waals surface area contributed by atoms with Gasteiger partial charge in [-0.1, -0.05) is 24.3 Å². The second kappa shape index (κ2) is 18.2. The van der Waals surface area contributed by atoms with Crippen LogP contribution in [0, 0.1) is 0 Å². The smallest absolute Gasteiger partial charge is 0.378 e. The van der Waals surface area contributed by atoms with Gasteiger partial charge in [0.1, 0.15) is 11.3 Å². The van der Waals surface area contributed by atoms with Crippen LogP contribution in [0.1, 0.15) is 37.9 Å². The van der Waals surface area contributed by atoms with Gasteiger partial charge in [-0.15, -0.1) is 0 Å². The van der Waals surface area contributed by atoms with Gasteiger partial charge in [-0.05, 0) is 47.5 Å². The molecule has 0 spiro atoms. The number of morpholine rings is 2. The maximum atomic E-state index is 13.7. The van der Waals surface area contributed by atoms with E-state index in [2.05, 4.69) is 57.2 Å². The van der Waals surface area contributed by atoms with Gasteiger partial charge in [0.25, 0.3) is 11.8 Å². The molecule has 0 saturated carbocycles. The molecule has 0 radical (unpaired) electrons. The van der Waals surface area contributed by atoms with E-state index < -0.39 is 17.6 Å². The highest BCUT2D eigenvalue weighted by Crippen LogP contribution is 2.35. The van der Waals surface area contributed by atoms with Crippen LogP contribution in [0.25, 0.3) is 50.0 Å². The monoisotopic (exact) mass is 908 g/mol. The molecule has 0 atom stereocenters. The Morgan fingerprint density at radius 1 is 0.701 bits per heavy atom. The molecule has 0 unspecified atom stereocenters. The third-order valence-electron chi connectivity index (χ3n) is 11.9. The van der Waals surface area contributed by atoms with Gasteiger partial charge in [-0.25, -0.2) is 29.9 Å². The molecule has 67 heavy (non-hydrogen) atoms. The number of fused-ring (bicyclic) bond motifs is 2. The molecule has 16 nitrogen and oxygen atoms in total. The standard InChI is InChI=1S/C48H43F3N12O4/c1-60(47(65)44-54-21-32(22-55-44)40-27-57-42-38(40)18-36(25-56-42)61-9-13-66-14-10-61)28-31-3-2-4-35(17-31)63-29-41(39-19-37(26-58-45(39)63)62-11-15-67-16-12-62)33-23-52-43(53-24-33)46(64)59-20-30-5-7-34(8-6-30)48(49,50)51/h2-8,17-19,21-27,29H,9-16,20,28H2,1H3,(H,56,57)(H,59,64). The third kappa shape index (κ3) is 9.10. The number of nitrogens with zero attached hydrogens (tertiary/aromatic N) is 10. The minimum absolute atomic E-state index is 0.00258. The lowest BCUT2D eigenvalue weighted by Gasteiger charge is -2.28. The summed E-state index contributed by atoms with van der Waals surface area (Å²) in [5, 5.41) is 4.44. The lowest BCUT2D eigenvalue weighted by atomic mass is 10.1. The van der Waals surface area contributed by atoms with Crippen molar-refractivity contribution in [3.05, 3.63) is 139 Å². The Morgan fingerprint density at radius 3 is 1.97 bits per heavy atom. The minimum atomic E-state index is -4.45. The molecule has 2 aromatic carbocycles. The average molecular weight is 909 g/mol. The largest absolute Gasteiger partial charge is 0.416 e. The van der Waals surface area contributed by atoms with Crippen LogP contribution in [0.15, 0.2) is 110 Å². The van der Waals surface area contributed by atoms with Crippen molar-refractivity contribution in [1.82, 2.24) is 49.7 Å². The molecule has 2 saturated heterocycles. The first-order chi connectivity index (χ1) is 32.6. The Hall–Kier alpha value is -7.77. The number of amides is 2. The summed E-state index contributed by atoms with van der Waals surface area (Å²) in [5.41, 5.74) is 7.79. The molecule has 10 rings (SSSR count). The summed E-state index contributed by atoms with van der Waals surface area (Å²) in [6, 6.07) is 16.6. The second-order valence-corrected chi connectivity index (χ2v) is 16.3. The molecule has 340 valence electrons. The van der Waals surface area contributed by atoms with Gasteiger partial charge in [-0.3, -0.25) is 9.59 Å². The number of aromatic nitrogens is 8. The second-order valence-electron chi connectivity index (χ2n) is 16.3. The van der Waals surface area contributed by atoms with Crippen molar-refractivity contribution < 1.29 is 32.2 Å². The van der Waals surface area contributed by atoms with Crippen LogP contribution < -0.4 is 15.1 Å². The lowest BCUT2D eigenvalue weighted by Crippen LogP contribution is -2.36. The number of halogens is 3. The minimum Gasteiger partial charge on any atom is -0.378 e. The molecule has 6 aromatic heterocycles. The van der Waals surface area contributed by atoms with Crippen LogP contribution in [-0.2, 0) is 28.7 Å². The average Bonchev–Trinajstić information content (AvgIpc) is 3.98. The fourth-order valence-corrected chi connectivity index (χ4v) is 8.30. The first kappa shape index (κ1) is 43.1. The van der Waals surface area contributed by atoms with Gasteiger partial charge in [-0.2, -0.15) is 13.2 Å². The highest BCUT2D eigenvalue weighted by Gasteiger charge is 2.30. The van der Waals surface area contributed by atoms with E-state index in [9.17, 15) is 22.8 Å². The number of nitrogens with one attached hydrogen (secondary N) is 2. The van der Waals surface area contributed by atoms with Crippen molar-refractivity contribution in [2.75, 3.05) is 69.5 Å². The summed E-state index contributed by atoms with van der Waals surface area (Å²) in [6.07, 6.45) is 9.51. The van der Waals surface area contributed by atoms with Crippen LogP contribution in [0.4, 0.5) is 24.5 Å². The Balaban J connectivity index is 0.868. The van der Waals surface area contributed by atoms with E-state index in [1.165, 1.54) is 12.1 Å². The Morgan fingerprint density at radius 2 is 1.31 bits per heavy atom. The van der Waals surface area contributed by atoms with E-state index in [0.717, 1.165) is 81.0 Å². The van der Waals surface area contributed by atoms with E-state index in [1.807, 2.05) is 53.6 Å². The number of carbonyl (C=O) groups is 2. The van der Waals surface area contributed by atoms with Gasteiger partial charge in [0.15, 0.2) is 0 Å². The number of benzene rings is 2. The van der Waals surface area contributed by atoms with Crippen LogP contribution in [0.5, 0.6) is 0 Å². The van der Waals surface area contributed by atoms with E-state index in [-0.39, 0.29) is 30.6 Å². The normalized spacial score (nSPS) is 14.4. The van der Waals surface area contributed by atoms with E-state index in [1.54, 1.807) is 36.7 Å². The molecule has 2 aliphatic heterocycles. The third-order valence-corrected chi connectivity index (χ3v) is 11.9. The van der Waals surface area contributed by atoms with E-state index >= 15 is 0 Å². The molecular weight excluding hydrogens is 866 g/mol. The van der Waals surface area contributed by atoms with Gasteiger partial charge in [0.2, 0.25) is 11.6 Å². The number of rotatable bonds is 11. The number of alkyl halides is 3. The number of hydrogen-bond donors (Lipinski definition) is 2. The maximum Gasteiger partial charge on any atom is 0.416 e. The van der Waals surface area contributed by atoms with Gasteiger partial charge in [0.05, 0.1) is 55.8 Å². The molecular formula is C48H43F3N12O4. The molecule has 2 fully saturated rings. The van der Waals surface area contributed by atoms with Crippen molar-refractivity contribution in [2.45, 2.75) is 19.3 Å². The highest BCUT2D eigenvalue weighted by molar-refractivity contribution is 5.98. The van der Waals surface area contributed by atoms with Gasteiger partial charge >= 0.3 is 6.18 Å². The molecule has 2 aliphatic rings. The summed E-state index contributed by atoms with van der Waals surface area (Å²) in [6.45, 7) is 5.82. The molecule has 0 aliphatic carbocycles. The summed E-state index contributed by atoms with van der Waals surface area (Å²) in [4.78, 5) is 63.3. The Bertz CT molecular complexity index is 3070. The number of anilines is 2. The van der Waals surface area contributed by atoms with Crippen molar-refractivity contribution in [3.8, 4) is 27.9 Å². The SMILES string of the molecule is CN(Cc1cccc(-n2cc(-c3cnc(C(=O)NCc4ccc(C(F)(F)F)cc4)nc3)c3cc(N4CCOCC4)cnc32)c1)C(=O)c1ncc(-c2c[nH]c3ncc(N4CCOCC4)cc23)cn1. The quantitative estimate of drug-likeness (QED) is 0.141. The molecule has 2 amide bonds. The summed E-state index contributed by atoms with van der Waals surface area (Å²) in [7, 11) is 1.71. The maximum absolute atomic E-state index is 13.7. The van der Waals surface area contributed by atoms with Gasteiger partial charge in [0, 0.05) is 122 Å². The fraction of sp³-hybridized carbons (Fsp3) is 0.250. The number of hydrogen-bond acceptors (Lipinski definition) is 12. The predicted octanol–water partition coefficient (Wildman–Crippen LogP) is 6.71. The zero-order chi connectivity index (χ0) is 46.1. The van der Waals surface area contributed by atoms with E-state index in [4.69, 9.17) is 14.5 Å². The van der Waals surface area contributed by atoms with Crippen LogP contribution in [0.2, 0.25) is 0 Å². The molecule has 8 aromatic rings. The highest BCUT2D eigenvalue weighted by atomic mass is 19.4. The Kier molecular flexibility index (Phi) is 11.8. The first-order valence-electron chi connectivity index (χ1n) is 21.6. The Labute approximate surface area is 381 Å². The van der Waals surface area contributed by atoms with Crippen LogP contribution >= 0.6 is 0 Å². The van der Waals surface area contributed by atoms with Crippen molar-refractivity contribution in [2.24, 2.45) is 0 Å². The topological polar surface area (TPSA) is 172 Å². The number of carbonyl (C=O) groups excluding carboxylic acids is 2. The van der Waals surface area contributed by atoms with Crippen LogP contribution in [0.3, 0.4) is 0 Å². The number of ether oxygens (including phenoxy) is 2. The summed E-state index contributed by atoms with van der Waals surface area (Å²) in [5.74, 6) is -0.935. The van der Waals surface area contributed by atoms with Crippen molar-refractivity contribution in [1.29, 1.82) is 0 Å². The lowest BCUT2D eigenvalue weighted by molar-refractivity contribution is -0.137. The van der Waals surface area contributed by atoms with Crippen molar-refractivity contribution >= 4 is 45.3 Å². The first-order valence-corrected chi connectivity index (χ1v) is 21.6. The summed E-state index contributed by atoms with van der Waals surface area (Å²) >= 11 is 0. The van der Waals surface area contributed by atoms with Crippen molar-refractivity contribution in [3.63, 3.8) is 0 Å². The zero-order valence-electron chi connectivity index (χ0n) is 36.2. The number of pyridine rings is 2. The molecule has 8 heterocycles. The fourth-order valence-electron chi connectivity index (χ4n) is 8.30. The van der Waals surface area contributed by atoms with Crippen LogP contribution in [-0.4, -0.2) is 116 Å². The van der Waals surface area contributed by atoms with E-state index in [0.29, 0.717) is 56.3 Å². The zero-order valence-corrected chi connectivity index (χ0v) is 36.2. The molecule has 19 heteroatoms. The summed E-state index contributed by atoms with van der Waals surface area (Å²) < 4.78 is 52.1. The predicted molar refractivity (Wildman–Crippen MR) is 244 cm³/mol. The molecule has 0 bridgehead atoms. The molecule has 2 N–H and O–H groups in total. The van der Waals surface area contributed by atoms with Gasteiger partial charge < -0.3 is 39.0 Å². The number of aromatic amines is 1.